The molecule has 1 heteroatoms. The van der Waals surface area contributed by atoms with Crippen molar-refractivity contribution >= 4 is 0 Å². The molecule has 0 aliphatic heterocycles. The van der Waals surface area contributed by atoms with Gasteiger partial charge in [-0.1, -0.05) is 47.6 Å². The Kier molecular flexibility index (Phi) is 3.91. The predicted molar refractivity (Wildman–Crippen MR) is 75.0 cm³/mol. The molecule has 0 aliphatic carbocycles. The molecule has 0 heterocycles. The summed E-state index contributed by atoms with van der Waals surface area (Å²) in [6.07, 6.45) is 0. The highest BCUT2D eigenvalue weighted by Gasteiger charge is 2.20. The average molecular weight is 234 g/mol. The first kappa shape index (κ1) is 14.1. The Bertz CT molecular complexity index is 345. The van der Waals surface area contributed by atoms with Crippen LogP contribution in [0.25, 0.3) is 0 Å². The molecule has 0 N–H and O–H groups in total. The molecule has 0 unspecified atom stereocenters. The minimum Gasteiger partial charge on any atom is -0.494 e. The van der Waals surface area contributed by atoms with Crippen LogP contribution in [0.4, 0.5) is 0 Å². The van der Waals surface area contributed by atoms with Crippen molar-refractivity contribution in [3.05, 3.63) is 29.3 Å². The number of hydrogen-bond donors (Lipinski definition) is 0. The van der Waals surface area contributed by atoms with E-state index in [1.807, 2.05) is 6.92 Å². The molecule has 96 valence electrons. The van der Waals surface area contributed by atoms with Crippen LogP contribution in [0, 0.1) is 0 Å². The van der Waals surface area contributed by atoms with Crippen molar-refractivity contribution in [1.82, 2.24) is 0 Å². The van der Waals surface area contributed by atoms with Crippen LogP contribution in [0.1, 0.15) is 59.6 Å². The van der Waals surface area contributed by atoms with Crippen molar-refractivity contribution in [2.24, 2.45) is 0 Å². The Morgan fingerprint density at radius 2 is 1.24 bits per heavy atom. The third-order valence-electron chi connectivity index (χ3n) is 2.95. The fourth-order valence-corrected chi connectivity index (χ4v) is 1.72. The fraction of sp³-hybridized carbons (Fsp3) is 0.625. The van der Waals surface area contributed by atoms with Crippen molar-refractivity contribution in [2.45, 2.75) is 59.3 Å². The standard InChI is InChI=1S/C16H26O/c1-8-17-14-10-12(15(2,3)4)9-13(11-14)16(5,6)7/h9-11H,8H2,1-7H3. The lowest BCUT2D eigenvalue weighted by Crippen LogP contribution is -2.16. The van der Waals surface area contributed by atoms with E-state index in [9.17, 15) is 0 Å². The Morgan fingerprint density at radius 1 is 0.824 bits per heavy atom. The van der Waals surface area contributed by atoms with Crippen molar-refractivity contribution in [2.75, 3.05) is 6.61 Å². The van der Waals surface area contributed by atoms with E-state index in [0.717, 1.165) is 12.4 Å². The van der Waals surface area contributed by atoms with Crippen LogP contribution < -0.4 is 4.74 Å². The van der Waals surface area contributed by atoms with Gasteiger partial charge in [-0.15, -0.1) is 0 Å². The van der Waals surface area contributed by atoms with Gasteiger partial charge >= 0.3 is 0 Å². The molecule has 1 nitrogen and oxygen atoms in total. The Balaban J connectivity index is 3.29. The maximum atomic E-state index is 5.68. The molecule has 0 spiro atoms. The summed E-state index contributed by atoms with van der Waals surface area (Å²) in [5.74, 6) is 0.991. The van der Waals surface area contributed by atoms with Crippen LogP contribution in [0.3, 0.4) is 0 Å². The van der Waals surface area contributed by atoms with Crippen molar-refractivity contribution in [3.63, 3.8) is 0 Å². The second-order valence-corrected chi connectivity index (χ2v) is 6.68. The highest BCUT2D eigenvalue weighted by Crippen LogP contribution is 2.32. The third-order valence-corrected chi connectivity index (χ3v) is 2.95. The Labute approximate surface area is 106 Å². The average Bonchev–Trinajstić information content (AvgIpc) is 2.15. The van der Waals surface area contributed by atoms with Crippen LogP contribution in [0.5, 0.6) is 5.75 Å². The minimum atomic E-state index is 0.160. The van der Waals surface area contributed by atoms with E-state index in [2.05, 4.69) is 59.7 Å². The smallest absolute Gasteiger partial charge is 0.119 e. The first-order chi connectivity index (χ1) is 7.64. The number of ether oxygens (including phenoxy) is 1. The van der Waals surface area contributed by atoms with Crippen molar-refractivity contribution in [3.8, 4) is 5.75 Å². The largest absolute Gasteiger partial charge is 0.494 e. The molecule has 0 atom stereocenters. The predicted octanol–water partition coefficient (Wildman–Crippen LogP) is 4.68. The zero-order valence-electron chi connectivity index (χ0n) is 12.3. The topological polar surface area (TPSA) is 9.23 Å². The maximum absolute atomic E-state index is 5.68. The van der Waals surface area contributed by atoms with E-state index in [1.165, 1.54) is 11.1 Å². The summed E-state index contributed by atoms with van der Waals surface area (Å²) in [4.78, 5) is 0. The lowest BCUT2D eigenvalue weighted by atomic mass is 9.80. The number of rotatable bonds is 2. The van der Waals surface area contributed by atoms with Gasteiger partial charge < -0.3 is 4.74 Å². The molecule has 0 saturated carbocycles. The molecule has 0 aliphatic rings. The van der Waals surface area contributed by atoms with Crippen LogP contribution in [-0.4, -0.2) is 6.61 Å². The summed E-state index contributed by atoms with van der Waals surface area (Å²) in [5, 5.41) is 0. The number of hydrogen-bond acceptors (Lipinski definition) is 1. The maximum Gasteiger partial charge on any atom is 0.119 e. The Morgan fingerprint density at radius 3 is 1.53 bits per heavy atom. The lowest BCUT2D eigenvalue weighted by molar-refractivity contribution is 0.338. The van der Waals surface area contributed by atoms with Crippen molar-refractivity contribution in [1.29, 1.82) is 0 Å². The molecule has 1 rings (SSSR count). The zero-order valence-corrected chi connectivity index (χ0v) is 12.3. The molecular weight excluding hydrogens is 208 g/mol. The first-order valence-corrected chi connectivity index (χ1v) is 6.43. The van der Waals surface area contributed by atoms with Gasteiger partial charge in [-0.05, 0) is 41.0 Å². The quantitative estimate of drug-likeness (QED) is 0.722. The van der Waals surface area contributed by atoms with Gasteiger partial charge in [0.05, 0.1) is 6.61 Å². The molecular formula is C16H26O. The monoisotopic (exact) mass is 234 g/mol. The van der Waals surface area contributed by atoms with Gasteiger partial charge in [0.2, 0.25) is 0 Å². The van der Waals surface area contributed by atoms with Gasteiger partial charge in [0.1, 0.15) is 5.75 Å². The van der Waals surface area contributed by atoms with Crippen LogP contribution >= 0.6 is 0 Å². The molecule has 0 aromatic heterocycles. The van der Waals surface area contributed by atoms with E-state index in [0.29, 0.717) is 0 Å². The van der Waals surface area contributed by atoms with E-state index < -0.39 is 0 Å². The normalized spacial score (nSPS) is 12.6. The van der Waals surface area contributed by atoms with Gasteiger partial charge in [-0.2, -0.15) is 0 Å². The summed E-state index contributed by atoms with van der Waals surface area (Å²) in [5.41, 5.74) is 3.00. The van der Waals surface area contributed by atoms with E-state index in [4.69, 9.17) is 4.74 Å². The number of benzene rings is 1. The second-order valence-electron chi connectivity index (χ2n) is 6.68. The molecule has 1 aromatic rings. The van der Waals surface area contributed by atoms with E-state index >= 15 is 0 Å². The van der Waals surface area contributed by atoms with Crippen LogP contribution in [-0.2, 0) is 10.8 Å². The summed E-state index contributed by atoms with van der Waals surface area (Å²) in [6.45, 7) is 16.2. The fourth-order valence-electron chi connectivity index (χ4n) is 1.72. The van der Waals surface area contributed by atoms with Gasteiger partial charge in [0.15, 0.2) is 0 Å². The Hall–Kier alpha value is -0.980. The molecule has 0 fully saturated rings. The van der Waals surface area contributed by atoms with Gasteiger partial charge in [0, 0.05) is 0 Å². The molecule has 0 amide bonds. The summed E-state index contributed by atoms with van der Waals surface area (Å²) in [7, 11) is 0. The van der Waals surface area contributed by atoms with E-state index in [-0.39, 0.29) is 10.8 Å². The molecule has 0 radical (unpaired) electrons. The second kappa shape index (κ2) is 4.72. The van der Waals surface area contributed by atoms with Crippen LogP contribution in [0.15, 0.2) is 18.2 Å². The van der Waals surface area contributed by atoms with Crippen molar-refractivity contribution < 1.29 is 4.74 Å². The van der Waals surface area contributed by atoms with Gasteiger partial charge in [-0.3, -0.25) is 0 Å². The SMILES string of the molecule is CCOc1cc(C(C)(C)C)cc(C(C)(C)C)c1. The van der Waals surface area contributed by atoms with Gasteiger partial charge in [-0.25, -0.2) is 0 Å². The molecule has 1 aromatic carbocycles. The highest BCUT2D eigenvalue weighted by atomic mass is 16.5. The molecule has 17 heavy (non-hydrogen) atoms. The summed E-state index contributed by atoms with van der Waals surface area (Å²) >= 11 is 0. The summed E-state index contributed by atoms with van der Waals surface area (Å²) < 4.78 is 5.68. The zero-order chi connectivity index (χ0) is 13.3. The van der Waals surface area contributed by atoms with E-state index in [1.54, 1.807) is 0 Å². The lowest BCUT2D eigenvalue weighted by Gasteiger charge is -2.26. The minimum absolute atomic E-state index is 0.160. The molecule has 0 saturated heterocycles. The highest BCUT2D eigenvalue weighted by molar-refractivity contribution is 5.40. The first-order valence-electron chi connectivity index (χ1n) is 6.43. The third kappa shape index (κ3) is 3.76. The van der Waals surface area contributed by atoms with Crippen LogP contribution in [0.2, 0.25) is 0 Å². The van der Waals surface area contributed by atoms with Gasteiger partial charge in [0.25, 0.3) is 0 Å². The molecule has 0 bridgehead atoms. The summed E-state index contributed by atoms with van der Waals surface area (Å²) in [6, 6.07) is 6.64.